The molecule has 32 heavy (non-hydrogen) atoms. The van der Waals surface area contributed by atoms with E-state index in [1.54, 1.807) is 24.1 Å². The fourth-order valence-electron chi connectivity index (χ4n) is 3.97. The zero-order valence-electron chi connectivity index (χ0n) is 18.8. The number of amides is 1. The van der Waals surface area contributed by atoms with E-state index < -0.39 is 0 Å². The summed E-state index contributed by atoms with van der Waals surface area (Å²) in [5.74, 6) is 0.650. The Morgan fingerprint density at radius 1 is 1.03 bits per heavy atom. The molecule has 1 saturated heterocycles. The number of hydrogen-bond acceptors (Lipinski definition) is 5. The third kappa shape index (κ3) is 5.48. The molecular formula is C25H31N5O2. The molecule has 0 spiro atoms. The lowest BCUT2D eigenvalue weighted by Crippen LogP contribution is -2.47. The smallest absolute Gasteiger partial charge is 0.271 e. The minimum atomic E-state index is -0.137. The molecule has 1 aliphatic rings. The second-order valence-corrected chi connectivity index (χ2v) is 8.12. The molecule has 0 saturated carbocycles. The van der Waals surface area contributed by atoms with Gasteiger partial charge in [-0.3, -0.25) is 9.69 Å². The fraction of sp³-hybridized carbons (Fsp3) is 0.360. The molecule has 168 valence electrons. The van der Waals surface area contributed by atoms with Crippen LogP contribution in [-0.4, -0.2) is 67.0 Å². The van der Waals surface area contributed by atoms with Crippen LogP contribution in [0.5, 0.6) is 5.75 Å². The van der Waals surface area contributed by atoms with E-state index in [2.05, 4.69) is 51.4 Å². The molecule has 2 heterocycles. The molecule has 2 aromatic carbocycles. The number of carbonyl (C=O) groups excluding carboxylic acids is 1. The van der Waals surface area contributed by atoms with E-state index in [4.69, 9.17) is 4.74 Å². The van der Waals surface area contributed by atoms with E-state index in [0.717, 1.165) is 50.6 Å². The average molecular weight is 434 g/mol. The maximum Gasteiger partial charge on any atom is 0.271 e. The number of piperazine rings is 1. The minimum absolute atomic E-state index is 0.137. The monoisotopic (exact) mass is 433 g/mol. The van der Waals surface area contributed by atoms with Crippen molar-refractivity contribution in [1.82, 2.24) is 20.0 Å². The topological polar surface area (TPSA) is 62.6 Å². The Morgan fingerprint density at radius 2 is 1.81 bits per heavy atom. The van der Waals surface area contributed by atoms with Crippen molar-refractivity contribution >= 4 is 11.6 Å². The quantitative estimate of drug-likeness (QED) is 0.553. The van der Waals surface area contributed by atoms with Crippen LogP contribution in [-0.2, 0) is 0 Å². The number of nitrogens with zero attached hydrogens (tertiary/aromatic N) is 4. The summed E-state index contributed by atoms with van der Waals surface area (Å²) in [6.07, 6.45) is 2.72. The number of rotatable bonds is 8. The highest BCUT2D eigenvalue weighted by atomic mass is 16.5. The molecule has 0 bridgehead atoms. The van der Waals surface area contributed by atoms with Crippen LogP contribution in [0.2, 0.25) is 0 Å². The molecule has 1 N–H and O–H groups in total. The summed E-state index contributed by atoms with van der Waals surface area (Å²) in [4.78, 5) is 17.4. The highest BCUT2D eigenvalue weighted by Gasteiger charge is 2.17. The van der Waals surface area contributed by atoms with Crippen molar-refractivity contribution in [2.24, 2.45) is 0 Å². The SMILES string of the molecule is COc1ccc(-n2ccc(C(=O)NCCCN3CCN(c4cccc(C)c4)CC3)n2)cc1. The standard InChI is InChI=1S/C25H31N5O2/c1-20-5-3-6-22(19-20)29-17-15-28(16-18-29)13-4-12-26-25(31)24-11-14-30(27-24)21-7-9-23(32-2)10-8-21/h3,5-11,14,19H,4,12-13,15-18H2,1-2H3,(H,26,31). The van der Waals surface area contributed by atoms with Crippen molar-refractivity contribution in [3.63, 3.8) is 0 Å². The van der Waals surface area contributed by atoms with Gasteiger partial charge in [-0.2, -0.15) is 5.10 Å². The van der Waals surface area contributed by atoms with E-state index >= 15 is 0 Å². The van der Waals surface area contributed by atoms with Gasteiger partial charge in [0.05, 0.1) is 12.8 Å². The molecule has 0 aliphatic carbocycles. The Kier molecular flexibility index (Phi) is 7.07. The Hall–Kier alpha value is -3.32. The number of benzene rings is 2. The second-order valence-electron chi connectivity index (χ2n) is 8.12. The third-order valence-electron chi connectivity index (χ3n) is 5.83. The van der Waals surface area contributed by atoms with Crippen molar-refractivity contribution in [1.29, 1.82) is 0 Å². The summed E-state index contributed by atoms with van der Waals surface area (Å²) in [6, 6.07) is 18.0. The van der Waals surface area contributed by atoms with Gasteiger partial charge >= 0.3 is 0 Å². The Morgan fingerprint density at radius 3 is 2.53 bits per heavy atom. The summed E-state index contributed by atoms with van der Waals surface area (Å²) >= 11 is 0. The predicted molar refractivity (Wildman–Crippen MR) is 127 cm³/mol. The molecule has 0 atom stereocenters. The summed E-state index contributed by atoms with van der Waals surface area (Å²) in [7, 11) is 1.64. The van der Waals surface area contributed by atoms with E-state index in [0.29, 0.717) is 12.2 Å². The van der Waals surface area contributed by atoms with Crippen molar-refractivity contribution in [2.45, 2.75) is 13.3 Å². The van der Waals surface area contributed by atoms with Crippen molar-refractivity contribution in [3.8, 4) is 11.4 Å². The van der Waals surface area contributed by atoms with Crippen LogP contribution in [0.15, 0.2) is 60.8 Å². The van der Waals surface area contributed by atoms with Gasteiger partial charge < -0.3 is 15.0 Å². The molecule has 0 radical (unpaired) electrons. The largest absolute Gasteiger partial charge is 0.497 e. The fourth-order valence-corrected chi connectivity index (χ4v) is 3.97. The summed E-state index contributed by atoms with van der Waals surface area (Å²) < 4.78 is 6.87. The molecule has 7 nitrogen and oxygen atoms in total. The summed E-state index contributed by atoms with van der Waals surface area (Å²) in [5, 5.41) is 7.39. The number of anilines is 1. The summed E-state index contributed by atoms with van der Waals surface area (Å²) in [6.45, 7) is 7.95. The Bertz CT molecular complexity index is 1020. The number of hydrogen-bond donors (Lipinski definition) is 1. The zero-order chi connectivity index (χ0) is 22.3. The molecule has 0 unspecified atom stereocenters. The van der Waals surface area contributed by atoms with Gasteiger partial charge in [0.1, 0.15) is 5.75 Å². The van der Waals surface area contributed by atoms with Crippen LogP contribution in [0.3, 0.4) is 0 Å². The first kappa shape index (κ1) is 21.9. The van der Waals surface area contributed by atoms with Crippen LogP contribution < -0.4 is 15.0 Å². The molecule has 7 heteroatoms. The Labute approximate surface area is 189 Å². The summed E-state index contributed by atoms with van der Waals surface area (Å²) in [5.41, 5.74) is 3.92. The van der Waals surface area contributed by atoms with Gasteiger partial charge in [0, 0.05) is 44.6 Å². The second kappa shape index (κ2) is 10.3. The first-order chi connectivity index (χ1) is 15.6. The number of ether oxygens (including phenoxy) is 1. The first-order valence-electron chi connectivity index (χ1n) is 11.1. The molecule has 1 aliphatic heterocycles. The van der Waals surface area contributed by atoms with Gasteiger partial charge in [0.15, 0.2) is 5.69 Å². The van der Waals surface area contributed by atoms with Gasteiger partial charge in [-0.05, 0) is 67.9 Å². The van der Waals surface area contributed by atoms with Crippen LogP contribution in [0, 0.1) is 6.92 Å². The van der Waals surface area contributed by atoms with Gasteiger partial charge in [-0.15, -0.1) is 0 Å². The average Bonchev–Trinajstić information content (AvgIpc) is 3.33. The normalized spacial score (nSPS) is 14.4. The van der Waals surface area contributed by atoms with E-state index in [1.165, 1.54) is 11.3 Å². The van der Waals surface area contributed by atoms with Gasteiger partial charge in [0.2, 0.25) is 0 Å². The van der Waals surface area contributed by atoms with Gasteiger partial charge in [-0.25, -0.2) is 4.68 Å². The highest BCUT2D eigenvalue weighted by molar-refractivity contribution is 5.92. The lowest BCUT2D eigenvalue weighted by Gasteiger charge is -2.36. The van der Waals surface area contributed by atoms with Crippen molar-refractivity contribution in [3.05, 3.63) is 72.1 Å². The zero-order valence-corrected chi connectivity index (χ0v) is 18.8. The van der Waals surface area contributed by atoms with Crippen LogP contribution in [0.4, 0.5) is 5.69 Å². The highest BCUT2D eigenvalue weighted by Crippen LogP contribution is 2.18. The lowest BCUT2D eigenvalue weighted by molar-refractivity contribution is 0.0946. The van der Waals surface area contributed by atoms with Crippen molar-refractivity contribution < 1.29 is 9.53 Å². The van der Waals surface area contributed by atoms with Crippen LogP contribution in [0.25, 0.3) is 5.69 Å². The molecule has 1 amide bonds. The molecule has 1 fully saturated rings. The minimum Gasteiger partial charge on any atom is -0.497 e. The van der Waals surface area contributed by atoms with Crippen LogP contribution in [0.1, 0.15) is 22.5 Å². The van der Waals surface area contributed by atoms with Gasteiger partial charge in [-0.1, -0.05) is 12.1 Å². The van der Waals surface area contributed by atoms with E-state index in [1.807, 2.05) is 24.3 Å². The van der Waals surface area contributed by atoms with Crippen LogP contribution >= 0.6 is 0 Å². The van der Waals surface area contributed by atoms with Gasteiger partial charge in [0.25, 0.3) is 5.91 Å². The number of methoxy groups -OCH3 is 1. The number of aromatic nitrogens is 2. The van der Waals surface area contributed by atoms with E-state index in [-0.39, 0.29) is 5.91 Å². The predicted octanol–water partition coefficient (Wildman–Crippen LogP) is 3.13. The third-order valence-corrected chi connectivity index (χ3v) is 5.83. The van der Waals surface area contributed by atoms with E-state index in [9.17, 15) is 4.79 Å². The lowest BCUT2D eigenvalue weighted by atomic mass is 10.2. The molecular weight excluding hydrogens is 402 g/mol. The molecule has 1 aromatic heterocycles. The number of aryl methyl sites for hydroxylation is 1. The molecule has 3 aromatic rings. The Balaban J connectivity index is 1.18. The maximum atomic E-state index is 12.4. The number of nitrogens with one attached hydrogen (secondary N) is 1. The van der Waals surface area contributed by atoms with Crippen molar-refractivity contribution in [2.75, 3.05) is 51.3 Å². The maximum absolute atomic E-state index is 12.4. The number of carbonyl (C=O) groups is 1. The molecule has 4 rings (SSSR count). The first-order valence-corrected chi connectivity index (χ1v) is 11.1.